The normalized spacial score (nSPS) is 11.1. The van der Waals surface area contributed by atoms with Gasteiger partial charge in [-0.05, 0) is 18.1 Å². The lowest BCUT2D eigenvalue weighted by molar-refractivity contribution is -0.142. The number of halogens is 2. The van der Waals surface area contributed by atoms with Crippen molar-refractivity contribution in [3.05, 3.63) is 29.8 Å². The van der Waals surface area contributed by atoms with Gasteiger partial charge in [0.1, 0.15) is 0 Å². The highest BCUT2D eigenvalue weighted by Gasteiger charge is 2.13. The van der Waals surface area contributed by atoms with E-state index in [1.54, 1.807) is 0 Å². The van der Waals surface area contributed by atoms with Crippen LogP contribution in [0.1, 0.15) is 115 Å². The van der Waals surface area contributed by atoms with Crippen LogP contribution in [0.15, 0.2) is 24.3 Å². The second-order valence-corrected chi connectivity index (χ2v) is 10.5. The lowest BCUT2D eigenvalue weighted by atomic mass is 10.0. The second kappa shape index (κ2) is 23.5. The Morgan fingerprint density at radius 3 is 1.66 bits per heavy atom. The Morgan fingerprint density at radius 2 is 1.17 bits per heavy atom. The van der Waals surface area contributed by atoms with E-state index in [-0.39, 0.29) is 12.4 Å². The predicted octanol–water partition coefficient (Wildman–Crippen LogP) is 9.32. The first-order valence-electron chi connectivity index (χ1n) is 14.3. The Kier molecular flexibility index (Phi) is 21.5. The minimum atomic E-state index is -0.157. The molecule has 202 valence electrons. The number of nitrogens with zero attached hydrogens (tertiary/aromatic N) is 1. The Labute approximate surface area is 226 Å². The highest BCUT2D eigenvalue weighted by Crippen LogP contribution is 2.22. The monoisotopic (exact) mass is 527 g/mol. The molecule has 0 aliphatic rings. The summed E-state index contributed by atoms with van der Waals surface area (Å²) in [7, 11) is 0. The van der Waals surface area contributed by atoms with Crippen LogP contribution < -0.4 is 4.90 Å². The molecule has 0 unspecified atom stereocenters. The number of rotatable bonds is 24. The maximum Gasteiger partial charge on any atom is 0.310 e. The summed E-state index contributed by atoms with van der Waals surface area (Å²) in [5.41, 5.74) is 1.99. The van der Waals surface area contributed by atoms with E-state index in [2.05, 4.69) is 11.8 Å². The summed E-state index contributed by atoms with van der Waals surface area (Å²) in [6.45, 7) is 4.22. The fraction of sp³-hybridized carbons (Fsp3) is 0.767. The first-order chi connectivity index (χ1) is 17.2. The van der Waals surface area contributed by atoms with Crippen molar-refractivity contribution in [3.8, 4) is 0 Å². The molecule has 0 spiro atoms. The molecule has 0 bridgehead atoms. The van der Waals surface area contributed by atoms with Gasteiger partial charge in [-0.1, -0.05) is 121 Å². The summed E-state index contributed by atoms with van der Waals surface area (Å²) in [6, 6.07) is 7.95. The third-order valence-corrected chi connectivity index (χ3v) is 6.97. The van der Waals surface area contributed by atoms with Crippen LogP contribution in [0, 0.1) is 0 Å². The summed E-state index contributed by atoms with van der Waals surface area (Å²) in [5, 5.41) is 0. The number of alkyl halides is 2. The van der Waals surface area contributed by atoms with Gasteiger partial charge in [0.05, 0.1) is 13.0 Å². The van der Waals surface area contributed by atoms with Crippen LogP contribution in [0.2, 0.25) is 0 Å². The number of unbranched alkanes of at least 4 members (excludes halogenated alkanes) is 15. The number of anilines is 1. The Balaban J connectivity index is 2.02. The van der Waals surface area contributed by atoms with Crippen LogP contribution >= 0.6 is 23.2 Å². The Hall–Kier alpha value is -0.930. The van der Waals surface area contributed by atoms with Crippen molar-refractivity contribution in [3.63, 3.8) is 0 Å². The van der Waals surface area contributed by atoms with Gasteiger partial charge < -0.3 is 9.64 Å². The van der Waals surface area contributed by atoms with Gasteiger partial charge in [-0.25, -0.2) is 0 Å². The first kappa shape index (κ1) is 32.1. The number of carbonyl (C=O) groups is 1. The Morgan fingerprint density at radius 1 is 0.714 bits per heavy atom. The molecule has 0 amide bonds. The second-order valence-electron chi connectivity index (χ2n) is 9.69. The molecule has 5 heteroatoms. The third-order valence-electron chi connectivity index (χ3n) is 6.64. The van der Waals surface area contributed by atoms with Crippen LogP contribution in [0.4, 0.5) is 5.69 Å². The van der Waals surface area contributed by atoms with Crippen LogP contribution in [0.25, 0.3) is 0 Å². The molecule has 0 radical (unpaired) electrons. The van der Waals surface area contributed by atoms with Gasteiger partial charge in [-0.3, -0.25) is 4.79 Å². The standard InChI is InChI=1S/C30H51Cl2NO2/c1-2-3-4-5-6-7-8-9-10-11-12-13-14-15-16-19-26-35-30(34)27-28-20-17-18-21-29(28)33(24-22-31)25-23-32/h17-18,20-21H,2-16,19,22-27H2,1H3. The van der Waals surface area contributed by atoms with Gasteiger partial charge in [0, 0.05) is 30.5 Å². The molecule has 0 aromatic heterocycles. The van der Waals surface area contributed by atoms with Gasteiger partial charge in [-0.2, -0.15) is 0 Å². The SMILES string of the molecule is CCCCCCCCCCCCCCCCCCOC(=O)Cc1ccccc1N(CCCl)CCCl. The molecule has 0 atom stereocenters. The van der Waals surface area contributed by atoms with E-state index in [9.17, 15) is 4.79 Å². The van der Waals surface area contributed by atoms with Crippen molar-refractivity contribution in [2.24, 2.45) is 0 Å². The number of para-hydroxylation sites is 1. The van der Waals surface area contributed by atoms with Crippen molar-refractivity contribution >= 4 is 34.9 Å². The smallest absolute Gasteiger partial charge is 0.310 e. The fourth-order valence-electron chi connectivity index (χ4n) is 4.57. The molecule has 1 aromatic rings. The molecule has 0 aliphatic heterocycles. The number of esters is 1. The summed E-state index contributed by atoms with van der Waals surface area (Å²) >= 11 is 11.9. The summed E-state index contributed by atoms with van der Waals surface area (Å²) in [5.74, 6) is 0.888. The maximum atomic E-state index is 12.4. The molecule has 0 saturated carbocycles. The van der Waals surface area contributed by atoms with Crippen molar-refractivity contribution in [2.75, 3.05) is 36.4 Å². The van der Waals surface area contributed by atoms with Crippen molar-refractivity contribution in [1.82, 2.24) is 0 Å². The molecule has 0 aliphatic carbocycles. The minimum Gasteiger partial charge on any atom is -0.465 e. The van der Waals surface area contributed by atoms with Gasteiger partial charge in [0.15, 0.2) is 0 Å². The van der Waals surface area contributed by atoms with E-state index in [1.807, 2.05) is 24.3 Å². The zero-order valence-electron chi connectivity index (χ0n) is 22.4. The van der Waals surface area contributed by atoms with E-state index >= 15 is 0 Å². The molecular formula is C30H51Cl2NO2. The molecule has 0 N–H and O–H groups in total. The average molecular weight is 529 g/mol. The maximum absolute atomic E-state index is 12.4. The van der Waals surface area contributed by atoms with Crippen LogP contribution in [0.3, 0.4) is 0 Å². The fourth-order valence-corrected chi connectivity index (χ4v) is 4.98. The van der Waals surface area contributed by atoms with Gasteiger partial charge in [-0.15, -0.1) is 23.2 Å². The number of ether oxygens (including phenoxy) is 1. The van der Waals surface area contributed by atoms with Crippen molar-refractivity contribution in [2.45, 2.75) is 116 Å². The number of hydrogen-bond acceptors (Lipinski definition) is 3. The van der Waals surface area contributed by atoms with E-state index < -0.39 is 0 Å². The van der Waals surface area contributed by atoms with E-state index in [0.29, 0.717) is 31.5 Å². The molecule has 3 nitrogen and oxygen atoms in total. The largest absolute Gasteiger partial charge is 0.465 e. The van der Waals surface area contributed by atoms with Crippen molar-refractivity contribution < 1.29 is 9.53 Å². The van der Waals surface area contributed by atoms with Crippen LogP contribution in [-0.4, -0.2) is 37.4 Å². The van der Waals surface area contributed by atoms with Gasteiger partial charge in [0.2, 0.25) is 0 Å². The predicted molar refractivity (Wildman–Crippen MR) is 154 cm³/mol. The Bertz CT molecular complexity index is 620. The lowest BCUT2D eigenvalue weighted by Crippen LogP contribution is -2.29. The minimum absolute atomic E-state index is 0.157. The van der Waals surface area contributed by atoms with E-state index in [1.165, 1.54) is 89.9 Å². The number of carbonyl (C=O) groups excluding carboxylic acids is 1. The van der Waals surface area contributed by atoms with Crippen LogP contribution in [0.5, 0.6) is 0 Å². The lowest BCUT2D eigenvalue weighted by Gasteiger charge is -2.25. The zero-order chi connectivity index (χ0) is 25.4. The van der Waals surface area contributed by atoms with Crippen molar-refractivity contribution in [1.29, 1.82) is 0 Å². The third kappa shape index (κ3) is 17.2. The summed E-state index contributed by atoms with van der Waals surface area (Å²) < 4.78 is 5.51. The van der Waals surface area contributed by atoms with Gasteiger partial charge >= 0.3 is 5.97 Å². The quantitative estimate of drug-likeness (QED) is 0.0761. The van der Waals surface area contributed by atoms with E-state index in [4.69, 9.17) is 27.9 Å². The van der Waals surface area contributed by atoms with E-state index in [0.717, 1.165) is 24.1 Å². The molecule has 0 fully saturated rings. The average Bonchev–Trinajstić information content (AvgIpc) is 2.86. The highest BCUT2D eigenvalue weighted by molar-refractivity contribution is 6.18. The summed E-state index contributed by atoms with van der Waals surface area (Å²) in [6.07, 6.45) is 21.8. The van der Waals surface area contributed by atoms with Gasteiger partial charge in [0.25, 0.3) is 0 Å². The zero-order valence-corrected chi connectivity index (χ0v) is 23.9. The molecule has 35 heavy (non-hydrogen) atoms. The highest BCUT2D eigenvalue weighted by atomic mass is 35.5. The number of hydrogen-bond donors (Lipinski definition) is 0. The first-order valence-corrected chi connectivity index (χ1v) is 15.4. The topological polar surface area (TPSA) is 29.5 Å². The molecule has 0 saturated heterocycles. The van der Waals surface area contributed by atoms with Crippen LogP contribution in [-0.2, 0) is 16.0 Å². The number of benzene rings is 1. The molecular weight excluding hydrogens is 477 g/mol. The molecule has 1 aromatic carbocycles. The summed E-state index contributed by atoms with van der Waals surface area (Å²) in [4.78, 5) is 14.5. The molecule has 0 heterocycles. The molecule has 1 rings (SSSR count).